The van der Waals surface area contributed by atoms with Crippen LogP contribution in [0.4, 0.5) is 0 Å². The highest BCUT2D eigenvalue weighted by Crippen LogP contribution is 2.47. The second-order valence-corrected chi connectivity index (χ2v) is 6.67. The molecule has 1 aromatic rings. The third kappa shape index (κ3) is 3.02. The van der Waals surface area contributed by atoms with Crippen LogP contribution in [0.25, 0.3) is 0 Å². The van der Waals surface area contributed by atoms with E-state index < -0.39 is 0 Å². The Morgan fingerprint density at radius 3 is 2.58 bits per heavy atom. The first-order chi connectivity index (χ1) is 9.27. The Morgan fingerprint density at radius 2 is 1.95 bits per heavy atom. The van der Waals surface area contributed by atoms with E-state index in [1.54, 1.807) is 0 Å². The van der Waals surface area contributed by atoms with Crippen molar-refractivity contribution in [3.8, 4) is 0 Å². The zero-order valence-electron chi connectivity index (χ0n) is 12.2. The topological polar surface area (TPSA) is 29.9 Å². The van der Waals surface area contributed by atoms with Gasteiger partial charge in [0.05, 0.1) is 6.54 Å². The third-order valence-corrected chi connectivity index (χ3v) is 5.43. The lowest BCUT2D eigenvalue weighted by molar-refractivity contribution is 0.106. The van der Waals surface area contributed by atoms with Crippen LogP contribution in [-0.2, 0) is 13.6 Å². The Kier molecular flexibility index (Phi) is 3.92. The molecule has 106 valence electrons. The molecule has 1 spiro atoms. The highest BCUT2D eigenvalue weighted by atomic mass is 15.1. The molecular formula is C16H27N3. The van der Waals surface area contributed by atoms with Crippen LogP contribution < -0.4 is 5.32 Å². The Morgan fingerprint density at radius 1 is 1.21 bits per heavy atom. The summed E-state index contributed by atoms with van der Waals surface area (Å²) < 4.78 is 2.11. The van der Waals surface area contributed by atoms with E-state index in [1.807, 2.05) is 12.4 Å². The van der Waals surface area contributed by atoms with Crippen molar-refractivity contribution in [2.45, 2.75) is 70.4 Å². The lowest BCUT2D eigenvalue weighted by Crippen LogP contribution is -2.38. The lowest BCUT2D eigenvalue weighted by Gasteiger charge is -2.43. The van der Waals surface area contributed by atoms with Gasteiger partial charge in [0.2, 0.25) is 0 Å². The van der Waals surface area contributed by atoms with Crippen LogP contribution in [0.2, 0.25) is 0 Å². The van der Waals surface area contributed by atoms with Gasteiger partial charge in [0.15, 0.2) is 0 Å². The van der Waals surface area contributed by atoms with E-state index in [1.165, 1.54) is 57.8 Å². The molecule has 0 bridgehead atoms. The zero-order valence-corrected chi connectivity index (χ0v) is 12.2. The van der Waals surface area contributed by atoms with Gasteiger partial charge in [-0.2, -0.15) is 0 Å². The molecule has 3 rings (SSSR count). The molecule has 19 heavy (non-hydrogen) atoms. The summed E-state index contributed by atoms with van der Waals surface area (Å²) >= 11 is 0. The van der Waals surface area contributed by atoms with Gasteiger partial charge in [-0.05, 0) is 43.9 Å². The van der Waals surface area contributed by atoms with E-state index in [0.717, 1.165) is 17.8 Å². The fourth-order valence-electron chi connectivity index (χ4n) is 4.04. The molecule has 2 fully saturated rings. The summed E-state index contributed by atoms with van der Waals surface area (Å²) in [5, 5.41) is 3.70. The largest absolute Gasteiger partial charge is 0.337 e. The van der Waals surface area contributed by atoms with Crippen molar-refractivity contribution in [3.05, 3.63) is 18.2 Å². The minimum atomic E-state index is 0.712. The lowest BCUT2D eigenvalue weighted by atomic mass is 9.64. The number of nitrogens with one attached hydrogen (secondary N) is 1. The first kappa shape index (κ1) is 13.2. The van der Waals surface area contributed by atoms with Crippen molar-refractivity contribution < 1.29 is 0 Å². The van der Waals surface area contributed by atoms with Gasteiger partial charge in [0, 0.05) is 25.5 Å². The maximum absolute atomic E-state index is 4.38. The van der Waals surface area contributed by atoms with Gasteiger partial charge in [-0.3, -0.25) is 0 Å². The normalized spacial score (nSPS) is 23.8. The Balaban J connectivity index is 1.46. The van der Waals surface area contributed by atoms with Crippen molar-refractivity contribution in [1.29, 1.82) is 0 Å². The number of hydrogen-bond acceptors (Lipinski definition) is 2. The van der Waals surface area contributed by atoms with Crippen LogP contribution in [0.3, 0.4) is 0 Å². The van der Waals surface area contributed by atoms with E-state index in [4.69, 9.17) is 0 Å². The fraction of sp³-hybridized carbons (Fsp3) is 0.812. The van der Waals surface area contributed by atoms with Crippen LogP contribution in [0.1, 0.15) is 63.6 Å². The highest BCUT2D eigenvalue weighted by molar-refractivity contribution is 4.93. The maximum Gasteiger partial charge on any atom is 0.122 e. The molecule has 1 N–H and O–H groups in total. The predicted molar refractivity (Wildman–Crippen MR) is 77.8 cm³/mol. The summed E-state index contributed by atoms with van der Waals surface area (Å²) in [5.41, 5.74) is 0.736. The molecule has 0 radical (unpaired) electrons. The molecule has 0 amide bonds. The van der Waals surface area contributed by atoms with E-state index in [9.17, 15) is 0 Å². The van der Waals surface area contributed by atoms with Crippen LogP contribution in [0.5, 0.6) is 0 Å². The second-order valence-electron chi connectivity index (χ2n) is 6.67. The molecular weight excluding hydrogens is 234 g/mol. The fourth-order valence-corrected chi connectivity index (χ4v) is 4.04. The molecule has 0 aromatic carbocycles. The summed E-state index contributed by atoms with van der Waals surface area (Å²) in [7, 11) is 2.07. The van der Waals surface area contributed by atoms with E-state index in [2.05, 4.69) is 21.9 Å². The van der Waals surface area contributed by atoms with E-state index >= 15 is 0 Å². The van der Waals surface area contributed by atoms with Gasteiger partial charge in [-0.15, -0.1) is 0 Å². The van der Waals surface area contributed by atoms with Crippen molar-refractivity contribution in [3.63, 3.8) is 0 Å². The SMILES string of the molecule is Cn1ccnc1CNC1CCC2(CCCCC2)CC1. The summed E-state index contributed by atoms with van der Waals surface area (Å²) in [4.78, 5) is 4.38. The number of aromatic nitrogens is 2. The minimum absolute atomic E-state index is 0.712. The number of hydrogen-bond donors (Lipinski definition) is 1. The van der Waals surface area contributed by atoms with Gasteiger partial charge in [0.25, 0.3) is 0 Å². The van der Waals surface area contributed by atoms with Gasteiger partial charge < -0.3 is 9.88 Å². The van der Waals surface area contributed by atoms with Crippen LogP contribution in [0, 0.1) is 5.41 Å². The Hall–Kier alpha value is -0.830. The minimum Gasteiger partial charge on any atom is -0.337 e. The van der Waals surface area contributed by atoms with Crippen molar-refractivity contribution >= 4 is 0 Å². The molecule has 3 nitrogen and oxygen atoms in total. The number of nitrogens with zero attached hydrogens (tertiary/aromatic N) is 2. The number of rotatable bonds is 3. The maximum atomic E-state index is 4.38. The summed E-state index contributed by atoms with van der Waals surface area (Å²) in [6, 6.07) is 0.712. The molecule has 2 aliphatic carbocycles. The summed E-state index contributed by atoms with van der Waals surface area (Å²) in [5.74, 6) is 1.15. The highest BCUT2D eigenvalue weighted by Gasteiger charge is 2.35. The second kappa shape index (κ2) is 5.66. The monoisotopic (exact) mass is 261 g/mol. The van der Waals surface area contributed by atoms with Gasteiger partial charge in [0.1, 0.15) is 5.82 Å². The van der Waals surface area contributed by atoms with E-state index in [-0.39, 0.29) is 0 Å². The molecule has 0 unspecified atom stereocenters. The van der Waals surface area contributed by atoms with Gasteiger partial charge in [-0.1, -0.05) is 19.3 Å². The Labute approximate surface area is 116 Å². The molecule has 2 aliphatic rings. The first-order valence-electron chi connectivity index (χ1n) is 7.97. The van der Waals surface area contributed by atoms with Crippen molar-refractivity contribution in [2.75, 3.05) is 0 Å². The van der Waals surface area contributed by atoms with Crippen LogP contribution in [-0.4, -0.2) is 15.6 Å². The smallest absolute Gasteiger partial charge is 0.122 e. The predicted octanol–water partition coefficient (Wildman–Crippen LogP) is 3.40. The van der Waals surface area contributed by atoms with Crippen molar-refractivity contribution in [1.82, 2.24) is 14.9 Å². The summed E-state index contributed by atoms with van der Waals surface area (Å²) in [6.07, 6.45) is 17.0. The summed E-state index contributed by atoms with van der Waals surface area (Å²) in [6.45, 7) is 0.918. The zero-order chi connectivity index (χ0) is 13.1. The quantitative estimate of drug-likeness (QED) is 0.903. The standard InChI is InChI=1S/C16H27N3/c1-19-12-11-17-15(19)13-18-14-5-9-16(10-6-14)7-3-2-4-8-16/h11-12,14,18H,2-10,13H2,1H3. The van der Waals surface area contributed by atoms with Gasteiger partial charge in [-0.25, -0.2) is 4.98 Å². The third-order valence-electron chi connectivity index (χ3n) is 5.43. The number of aryl methyl sites for hydroxylation is 1. The van der Waals surface area contributed by atoms with Crippen LogP contribution >= 0.6 is 0 Å². The molecule has 1 heterocycles. The molecule has 0 aliphatic heterocycles. The average Bonchev–Trinajstić information content (AvgIpc) is 2.85. The molecule has 1 aromatic heterocycles. The van der Waals surface area contributed by atoms with Gasteiger partial charge >= 0.3 is 0 Å². The average molecular weight is 261 g/mol. The first-order valence-corrected chi connectivity index (χ1v) is 7.97. The van der Waals surface area contributed by atoms with Crippen molar-refractivity contribution in [2.24, 2.45) is 12.5 Å². The molecule has 0 saturated heterocycles. The Bertz CT molecular complexity index is 394. The number of imidazole rings is 1. The van der Waals surface area contributed by atoms with Crippen LogP contribution in [0.15, 0.2) is 12.4 Å². The van der Waals surface area contributed by atoms with E-state index in [0.29, 0.717) is 6.04 Å². The molecule has 0 atom stereocenters. The molecule has 2 saturated carbocycles. The molecule has 3 heteroatoms.